The first-order valence-electron chi connectivity index (χ1n) is 7.07. The summed E-state index contributed by atoms with van der Waals surface area (Å²) in [5.41, 5.74) is -0.690. The van der Waals surface area contributed by atoms with Crippen LogP contribution >= 0.6 is 0 Å². The maximum atomic E-state index is 13.8. The summed E-state index contributed by atoms with van der Waals surface area (Å²) in [5.74, 6) is -2.19. The smallest absolute Gasteiger partial charge is 0.423 e. The lowest BCUT2D eigenvalue weighted by atomic mass is 9.78. The first kappa shape index (κ1) is 16.7. The van der Waals surface area contributed by atoms with Gasteiger partial charge in [0.05, 0.1) is 17.7 Å². The number of alkyl halides is 3. The first-order chi connectivity index (χ1) is 11.3. The highest BCUT2D eigenvalue weighted by atomic mass is 19.4. The summed E-state index contributed by atoms with van der Waals surface area (Å²) < 4.78 is 57.8. The molecule has 2 aromatic carbocycles. The lowest BCUT2D eigenvalue weighted by Crippen LogP contribution is -2.28. The van der Waals surface area contributed by atoms with Crippen molar-refractivity contribution in [1.82, 2.24) is 0 Å². The second-order valence-corrected chi connectivity index (χ2v) is 5.46. The topological polar surface area (TPSA) is 46.5 Å². The molecule has 3 nitrogen and oxygen atoms in total. The van der Waals surface area contributed by atoms with Gasteiger partial charge >= 0.3 is 13.3 Å². The largest absolute Gasteiger partial charge is 0.491 e. The van der Waals surface area contributed by atoms with Gasteiger partial charge in [-0.05, 0) is 28.7 Å². The quantitative estimate of drug-likeness (QED) is 0.531. The van der Waals surface area contributed by atoms with Crippen molar-refractivity contribution < 1.29 is 32.0 Å². The fraction of sp³-hybridized carbons (Fsp3) is 0.188. The molecule has 0 amide bonds. The van der Waals surface area contributed by atoms with E-state index in [0.29, 0.717) is 17.1 Å². The van der Waals surface area contributed by atoms with Crippen LogP contribution in [0.2, 0.25) is 0 Å². The van der Waals surface area contributed by atoms with Gasteiger partial charge in [0.25, 0.3) is 0 Å². The number of rotatable bonds is 3. The Morgan fingerprint density at radius 2 is 2.00 bits per heavy atom. The maximum absolute atomic E-state index is 13.8. The predicted octanol–water partition coefficient (Wildman–Crippen LogP) is 2.49. The molecule has 3 rings (SSSR count). The van der Waals surface area contributed by atoms with Crippen LogP contribution in [0.4, 0.5) is 17.6 Å². The van der Waals surface area contributed by atoms with Crippen molar-refractivity contribution in [1.29, 1.82) is 0 Å². The van der Waals surface area contributed by atoms with Gasteiger partial charge in [-0.25, -0.2) is 4.39 Å². The average Bonchev–Trinajstić information content (AvgIpc) is 2.87. The zero-order chi connectivity index (χ0) is 17.5. The number of Topliss-reactive ketones (excluding diaryl/α,β-unsaturated/α-hetero) is 1. The molecule has 0 radical (unpaired) electrons. The molecule has 8 heteroatoms. The SMILES string of the molecule is O=C(Cc1ccc2c(c1)B(O)OC2)c1c(F)cccc1C(F)(F)F. The van der Waals surface area contributed by atoms with Crippen molar-refractivity contribution in [3.63, 3.8) is 0 Å². The summed E-state index contributed by atoms with van der Waals surface area (Å²) in [6, 6.07) is 7.07. The lowest BCUT2D eigenvalue weighted by molar-refractivity contribution is -0.138. The van der Waals surface area contributed by atoms with Crippen LogP contribution in [0.3, 0.4) is 0 Å². The normalized spacial score (nSPS) is 14.0. The molecule has 24 heavy (non-hydrogen) atoms. The minimum atomic E-state index is -4.82. The van der Waals surface area contributed by atoms with E-state index in [-0.39, 0.29) is 6.61 Å². The van der Waals surface area contributed by atoms with Gasteiger partial charge in [-0.1, -0.05) is 24.3 Å². The third-order valence-electron chi connectivity index (χ3n) is 3.84. The van der Waals surface area contributed by atoms with Crippen molar-refractivity contribution in [3.8, 4) is 0 Å². The summed E-state index contributed by atoms with van der Waals surface area (Å²) in [5, 5.41) is 9.64. The van der Waals surface area contributed by atoms with Crippen LogP contribution < -0.4 is 5.46 Å². The molecule has 0 unspecified atom stereocenters. The van der Waals surface area contributed by atoms with Crippen molar-refractivity contribution in [2.24, 2.45) is 0 Å². The van der Waals surface area contributed by atoms with E-state index in [1.165, 1.54) is 6.07 Å². The van der Waals surface area contributed by atoms with Gasteiger partial charge in [0, 0.05) is 6.42 Å². The summed E-state index contributed by atoms with van der Waals surface area (Å²) in [7, 11) is -1.13. The number of ketones is 1. The number of carbonyl (C=O) groups is 1. The Kier molecular flexibility index (Phi) is 4.19. The summed E-state index contributed by atoms with van der Waals surface area (Å²) >= 11 is 0. The van der Waals surface area contributed by atoms with Crippen LogP contribution in [-0.2, 0) is 23.9 Å². The fourth-order valence-electron chi connectivity index (χ4n) is 2.69. The van der Waals surface area contributed by atoms with Crippen molar-refractivity contribution in [2.75, 3.05) is 0 Å². The van der Waals surface area contributed by atoms with E-state index in [1.54, 1.807) is 12.1 Å². The molecule has 2 aromatic rings. The lowest BCUT2D eigenvalue weighted by Gasteiger charge is -2.13. The van der Waals surface area contributed by atoms with Gasteiger partial charge in [-0.15, -0.1) is 0 Å². The van der Waals surface area contributed by atoms with Crippen LogP contribution in [0.15, 0.2) is 36.4 Å². The van der Waals surface area contributed by atoms with Crippen LogP contribution in [-0.4, -0.2) is 17.9 Å². The molecule has 0 saturated carbocycles. The monoisotopic (exact) mass is 338 g/mol. The molecule has 1 heterocycles. The Morgan fingerprint density at radius 3 is 2.71 bits per heavy atom. The molecule has 0 aromatic heterocycles. The van der Waals surface area contributed by atoms with Gasteiger partial charge < -0.3 is 9.68 Å². The summed E-state index contributed by atoms with van der Waals surface area (Å²) in [4.78, 5) is 12.3. The Labute approximate surface area is 135 Å². The minimum absolute atomic E-state index is 0.219. The Balaban J connectivity index is 1.93. The number of carbonyl (C=O) groups excluding carboxylic acids is 1. The van der Waals surface area contributed by atoms with Crippen LogP contribution in [0.5, 0.6) is 0 Å². The molecule has 0 fully saturated rings. The average molecular weight is 338 g/mol. The highest BCUT2D eigenvalue weighted by Gasteiger charge is 2.36. The number of hydrogen-bond acceptors (Lipinski definition) is 3. The molecule has 1 aliphatic rings. The highest BCUT2D eigenvalue weighted by molar-refractivity contribution is 6.61. The molecular formula is C16H11BF4O3. The van der Waals surface area contributed by atoms with Crippen molar-refractivity contribution in [3.05, 3.63) is 64.5 Å². The zero-order valence-corrected chi connectivity index (χ0v) is 12.2. The Morgan fingerprint density at radius 1 is 1.25 bits per heavy atom. The fourth-order valence-corrected chi connectivity index (χ4v) is 2.69. The van der Waals surface area contributed by atoms with E-state index >= 15 is 0 Å². The van der Waals surface area contributed by atoms with Crippen LogP contribution in [0.1, 0.15) is 27.0 Å². The van der Waals surface area contributed by atoms with E-state index in [2.05, 4.69) is 0 Å². The molecule has 1 aliphatic heterocycles. The second-order valence-electron chi connectivity index (χ2n) is 5.46. The molecule has 1 N–H and O–H groups in total. The standard InChI is InChI=1S/C16H11BF4O3/c18-13-3-1-2-11(16(19,20)21)15(13)14(22)7-9-4-5-10-8-24-17(23)12(10)6-9/h1-6,23H,7-8H2. The van der Waals surface area contributed by atoms with Gasteiger partial charge in [0.15, 0.2) is 5.78 Å². The van der Waals surface area contributed by atoms with Crippen molar-refractivity contribution >= 4 is 18.4 Å². The summed E-state index contributed by atoms with van der Waals surface area (Å²) in [6.07, 6.45) is -5.24. The molecule has 0 saturated heterocycles. The Bertz CT molecular complexity index is 804. The van der Waals surface area contributed by atoms with E-state index in [9.17, 15) is 27.4 Å². The zero-order valence-electron chi connectivity index (χ0n) is 12.2. The van der Waals surface area contributed by atoms with E-state index in [0.717, 1.165) is 17.7 Å². The number of hydrogen-bond donors (Lipinski definition) is 1. The second kappa shape index (κ2) is 6.03. The minimum Gasteiger partial charge on any atom is -0.423 e. The highest BCUT2D eigenvalue weighted by Crippen LogP contribution is 2.33. The molecular weight excluding hydrogens is 327 g/mol. The molecule has 124 valence electrons. The first-order valence-corrected chi connectivity index (χ1v) is 7.07. The van der Waals surface area contributed by atoms with E-state index < -0.39 is 42.4 Å². The van der Waals surface area contributed by atoms with Gasteiger partial charge in [-0.3, -0.25) is 4.79 Å². The Hall–Kier alpha value is -2.19. The molecule has 0 spiro atoms. The molecule has 0 aliphatic carbocycles. The van der Waals surface area contributed by atoms with E-state index in [4.69, 9.17) is 4.65 Å². The van der Waals surface area contributed by atoms with Crippen molar-refractivity contribution in [2.45, 2.75) is 19.2 Å². The molecule has 0 bridgehead atoms. The van der Waals surface area contributed by atoms with Gasteiger partial charge in [-0.2, -0.15) is 13.2 Å². The predicted molar refractivity (Wildman–Crippen MR) is 78.3 cm³/mol. The third kappa shape index (κ3) is 3.07. The molecule has 0 atom stereocenters. The van der Waals surface area contributed by atoms with Crippen LogP contribution in [0, 0.1) is 5.82 Å². The summed E-state index contributed by atoms with van der Waals surface area (Å²) in [6.45, 7) is 0.219. The number of benzene rings is 2. The van der Waals surface area contributed by atoms with Gasteiger partial charge in [0.1, 0.15) is 5.82 Å². The maximum Gasteiger partial charge on any atom is 0.491 e. The van der Waals surface area contributed by atoms with E-state index in [1.807, 2.05) is 0 Å². The number of halogens is 4. The van der Waals surface area contributed by atoms with Crippen LogP contribution in [0.25, 0.3) is 0 Å². The van der Waals surface area contributed by atoms with Gasteiger partial charge in [0.2, 0.25) is 0 Å². The number of fused-ring (bicyclic) bond motifs is 1. The third-order valence-corrected chi connectivity index (χ3v) is 3.84.